The second kappa shape index (κ2) is 6.61. The van der Waals surface area contributed by atoms with Crippen LogP contribution in [0.15, 0.2) is 30.7 Å². The van der Waals surface area contributed by atoms with Gasteiger partial charge in [-0.05, 0) is 19.1 Å². The molecule has 1 aliphatic rings. The monoisotopic (exact) mass is 361 g/mol. The number of hydrogen-bond donors (Lipinski definition) is 1. The van der Waals surface area contributed by atoms with Gasteiger partial charge in [-0.2, -0.15) is 9.37 Å². The van der Waals surface area contributed by atoms with E-state index in [4.69, 9.17) is 4.74 Å². The highest BCUT2D eigenvalue weighted by Crippen LogP contribution is 2.29. The third-order valence-corrected chi connectivity index (χ3v) is 5.59. The van der Waals surface area contributed by atoms with Crippen LogP contribution in [0.4, 0.5) is 9.52 Å². The molecule has 0 radical (unpaired) electrons. The molecular weight excluding hydrogens is 341 g/mol. The Morgan fingerprint density at radius 1 is 1.44 bits per heavy atom. The van der Waals surface area contributed by atoms with Crippen molar-refractivity contribution in [3.63, 3.8) is 0 Å². The summed E-state index contributed by atoms with van der Waals surface area (Å²) in [6.45, 7) is 3.46. The molecule has 1 aliphatic heterocycles. The molecule has 6 nitrogen and oxygen atoms in total. The lowest BCUT2D eigenvalue weighted by atomic mass is 10.2. The molecule has 2 unspecified atom stereocenters. The van der Waals surface area contributed by atoms with Gasteiger partial charge >= 0.3 is 0 Å². The summed E-state index contributed by atoms with van der Waals surface area (Å²) < 4.78 is 22.1. The molecule has 4 heterocycles. The molecule has 0 spiro atoms. The molecule has 3 aromatic heterocycles. The van der Waals surface area contributed by atoms with Gasteiger partial charge < -0.3 is 14.5 Å². The Balaban J connectivity index is 1.46. The number of hydrogen-bond acceptors (Lipinski definition) is 6. The van der Waals surface area contributed by atoms with E-state index in [1.54, 1.807) is 13.2 Å². The van der Waals surface area contributed by atoms with Gasteiger partial charge in [0.1, 0.15) is 6.10 Å². The average Bonchev–Trinajstić information content (AvgIpc) is 3.29. The number of fused-ring (bicyclic) bond motifs is 1. The quantitative estimate of drug-likeness (QED) is 0.757. The summed E-state index contributed by atoms with van der Waals surface area (Å²) in [7, 11) is 1.75. The van der Waals surface area contributed by atoms with Crippen LogP contribution in [-0.4, -0.2) is 45.0 Å². The highest BCUT2D eigenvalue weighted by molar-refractivity contribution is 7.15. The van der Waals surface area contributed by atoms with E-state index in [1.807, 2.05) is 28.9 Å². The van der Waals surface area contributed by atoms with E-state index < -0.39 is 0 Å². The molecule has 1 N–H and O–H groups in total. The summed E-state index contributed by atoms with van der Waals surface area (Å²) in [4.78, 5) is 11.1. The summed E-state index contributed by atoms with van der Waals surface area (Å²) in [6, 6.07) is 4.22. The van der Waals surface area contributed by atoms with Crippen LogP contribution < -0.4 is 10.1 Å². The molecule has 0 aromatic carbocycles. The van der Waals surface area contributed by atoms with Crippen molar-refractivity contribution in [3.8, 4) is 5.75 Å². The van der Waals surface area contributed by atoms with Crippen LogP contribution in [0.5, 0.6) is 5.75 Å². The van der Waals surface area contributed by atoms with Crippen molar-refractivity contribution in [1.29, 1.82) is 0 Å². The Labute approximate surface area is 149 Å². The minimum Gasteiger partial charge on any atom is -0.485 e. The average molecular weight is 361 g/mol. The fourth-order valence-electron chi connectivity index (χ4n) is 3.27. The number of nitrogens with zero attached hydrogens (tertiary/aromatic N) is 4. The fraction of sp³-hybridized carbons (Fsp3) is 0.412. The van der Waals surface area contributed by atoms with E-state index in [2.05, 4.69) is 27.1 Å². The minimum atomic E-state index is -0.381. The van der Waals surface area contributed by atoms with E-state index in [0.717, 1.165) is 24.4 Å². The molecule has 1 fully saturated rings. The first-order valence-corrected chi connectivity index (χ1v) is 9.11. The fourth-order valence-corrected chi connectivity index (χ4v) is 4.09. The molecule has 4 rings (SSSR count). The topological polar surface area (TPSA) is 54.7 Å². The lowest BCUT2D eigenvalue weighted by molar-refractivity contribution is 0.195. The summed E-state index contributed by atoms with van der Waals surface area (Å²) in [5.41, 5.74) is 0.820. The van der Waals surface area contributed by atoms with Crippen molar-refractivity contribution in [2.24, 2.45) is 0 Å². The van der Waals surface area contributed by atoms with Crippen molar-refractivity contribution >= 4 is 22.1 Å². The number of pyridine rings is 1. The number of halogens is 1. The lowest BCUT2D eigenvalue weighted by Crippen LogP contribution is -2.28. The summed E-state index contributed by atoms with van der Waals surface area (Å²) in [6.07, 6.45) is 6.58. The Morgan fingerprint density at radius 3 is 3.12 bits per heavy atom. The second-order valence-corrected chi connectivity index (χ2v) is 7.35. The number of imidazole rings is 1. The standard InChI is InChI=1S/C17H20FN5OS/c1-11-8-12(24-13-4-3-6-22-7-5-20-16(13)22)9-23(11)10-14-15(18)21-17(19-2)25-14/h3-7,11-12H,8-10H2,1-2H3,(H,19,21). The van der Waals surface area contributed by atoms with E-state index >= 15 is 0 Å². The summed E-state index contributed by atoms with van der Waals surface area (Å²) in [5, 5.41) is 3.50. The van der Waals surface area contributed by atoms with Gasteiger partial charge in [0.25, 0.3) is 0 Å². The first-order valence-electron chi connectivity index (χ1n) is 8.29. The Kier molecular flexibility index (Phi) is 4.30. The zero-order valence-electron chi connectivity index (χ0n) is 14.1. The smallest absolute Gasteiger partial charge is 0.230 e. The number of thiazole rings is 1. The molecule has 3 aromatic rings. The molecule has 132 valence electrons. The molecule has 0 aliphatic carbocycles. The number of aromatic nitrogens is 3. The van der Waals surface area contributed by atoms with Crippen LogP contribution in [0.3, 0.4) is 0 Å². The summed E-state index contributed by atoms with van der Waals surface area (Å²) >= 11 is 1.36. The van der Waals surface area contributed by atoms with Crippen molar-refractivity contribution in [3.05, 3.63) is 41.5 Å². The zero-order chi connectivity index (χ0) is 17.4. The first kappa shape index (κ1) is 16.3. The van der Waals surface area contributed by atoms with Crippen LogP contribution in [0, 0.1) is 5.95 Å². The normalized spacial score (nSPS) is 21.1. The van der Waals surface area contributed by atoms with Gasteiger partial charge in [-0.25, -0.2) is 4.98 Å². The van der Waals surface area contributed by atoms with E-state index in [9.17, 15) is 4.39 Å². The predicted molar refractivity (Wildman–Crippen MR) is 95.7 cm³/mol. The number of rotatable bonds is 5. The van der Waals surface area contributed by atoms with Crippen molar-refractivity contribution in [2.75, 3.05) is 18.9 Å². The van der Waals surface area contributed by atoms with Crippen molar-refractivity contribution < 1.29 is 9.13 Å². The van der Waals surface area contributed by atoms with Crippen LogP contribution in [0.2, 0.25) is 0 Å². The van der Waals surface area contributed by atoms with Gasteiger partial charge in [-0.15, -0.1) is 0 Å². The summed E-state index contributed by atoms with van der Waals surface area (Å²) in [5.74, 6) is 0.404. The largest absolute Gasteiger partial charge is 0.485 e. The maximum Gasteiger partial charge on any atom is 0.230 e. The third-order valence-electron chi connectivity index (χ3n) is 4.55. The van der Waals surface area contributed by atoms with Gasteiger partial charge in [0, 0.05) is 51.2 Å². The molecule has 0 bridgehead atoms. The number of nitrogens with one attached hydrogen (secondary N) is 1. The van der Waals surface area contributed by atoms with Gasteiger partial charge in [-0.1, -0.05) is 11.3 Å². The maximum absolute atomic E-state index is 14.0. The minimum absolute atomic E-state index is 0.0673. The van der Waals surface area contributed by atoms with Gasteiger partial charge in [-0.3, -0.25) is 4.90 Å². The van der Waals surface area contributed by atoms with Crippen molar-refractivity contribution in [2.45, 2.75) is 32.0 Å². The predicted octanol–water partition coefficient (Wildman–Crippen LogP) is 3.01. The lowest BCUT2D eigenvalue weighted by Gasteiger charge is -2.19. The number of ether oxygens (including phenoxy) is 1. The zero-order valence-corrected chi connectivity index (χ0v) is 15.0. The number of anilines is 1. The van der Waals surface area contributed by atoms with E-state index in [0.29, 0.717) is 22.6 Å². The molecule has 8 heteroatoms. The Hall–Kier alpha value is -2.19. The van der Waals surface area contributed by atoms with Crippen molar-refractivity contribution in [1.82, 2.24) is 19.3 Å². The second-order valence-electron chi connectivity index (χ2n) is 6.27. The van der Waals surface area contributed by atoms with E-state index in [-0.39, 0.29) is 12.1 Å². The molecule has 0 saturated carbocycles. The maximum atomic E-state index is 14.0. The molecule has 0 amide bonds. The highest BCUT2D eigenvalue weighted by Gasteiger charge is 2.32. The third kappa shape index (κ3) is 3.19. The van der Waals surface area contributed by atoms with E-state index in [1.165, 1.54) is 11.3 Å². The number of likely N-dealkylation sites (tertiary alicyclic amines) is 1. The van der Waals surface area contributed by atoms with Gasteiger partial charge in [0.2, 0.25) is 5.95 Å². The SMILES string of the molecule is CNc1nc(F)c(CN2CC(Oc3cccn4ccnc34)CC2C)s1. The van der Waals surface area contributed by atoms with Crippen LogP contribution in [-0.2, 0) is 6.54 Å². The van der Waals surface area contributed by atoms with Crippen LogP contribution >= 0.6 is 11.3 Å². The molecular formula is C17H20FN5OS. The molecule has 1 saturated heterocycles. The first-order chi connectivity index (χ1) is 12.1. The highest BCUT2D eigenvalue weighted by atomic mass is 32.1. The Bertz CT molecular complexity index is 879. The molecule has 2 atom stereocenters. The van der Waals surface area contributed by atoms with Gasteiger partial charge in [0.05, 0.1) is 4.88 Å². The Morgan fingerprint density at radius 2 is 2.32 bits per heavy atom. The van der Waals surface area contributed by atoms with Crippen LogP contribution in [0.25, 0.3) is 5.65 Å². The molecule has 25 heavy (non-hydrogen) atoms. The van der Waals surface area contributed by atoms with Crippen LogP contribution in [0.1, 0.15) is 18.2 Å². The van der Waals surface area contributed by atoms with Gasteiger partial charge in [0.15, 0.2) is 16.5 Å².